The maximum Gasteiger partial charge on any atom is 0.0662 e. The quantitative estimate of drug-likeness (QED) is 0.531. The van der Waals surface area contributed by atoms with E-state index in [1.54, 1.807) is 24.3 Å². The second kappa shape index (κ2) is 59.1. The highest BCUT2D eigenvalue weighted by Gasteiger charge is 1.58. The van der Waals surface area contributed by atoms with Crippen LogP contribution in [-0.2, 0) is 0 Å². The highest BCUT2D eigenvalue weighted by molar-refractivity contribution is 4.88. The second-order valence-electron chi connectivity index (χ2n) is 1.74. The Balaban J connectivity index is -0.0000000482. The van der Waals surface area contributed by atoms with Gasteiger partial charge >= 0.3 is 0 Å². The zero-order valence-electron chi connectivity index (χ0n) is 9.45. The molecule has 0 aromatic heterocycles. The van der Waals surface area contributed by atoms with Crippen molar-refractivity contribution in [3.63, 3.8) is 0 Å². The van der Waals surface area contributed by atoms with Gasteiger partial charge in [-0.1, -0.05) is 37.5 Å². The van der Waals surface area contributed by atoms with Crippen molar-refractivity contribution in [2.45, 2.75) is 13.8 Å². The molecule has 0 atom stereocenters. The molecule has 2 nitrogen and oxygen atoms in total. The van der Waals surface area contributed by atoms with Crippen molar-refractivity contribution >= 4 is 0 Å². The SMILES string of the molecule is C=CC.C=CC.C=CC=C.OCCO. The van der Waals surface area contributed by atoms with E-state index in [2.05, 4.69) is 26.3 Å². The van der Waals surface area contributed by atoms with Gasteiger partial charge in [0.05, 0.1) is 13.2 Å². The van der Waals surface area contributed by atoms with Crippen LogP contribution in [0.4, 0.5) is 0 Å². The van der Waals surface area contributed by atoms with Gasteiger partial charge in [-0.15, -0.1) is 13.2 Å². The number of allylic oxidation sites excluding steroid dienone is 4. The van der Waals surface area contributed by atoms with Crippen molar-refractivity contribution in [1.29, 1.82) is 0 Å². The maximum absolute atomic E-state index is 7.62. The summed E-state index contributed by atoms with van der Waals surface area (Å²) in [5, 5.41) is 15.2. The molecule has 0 aliphatic carbocycles. The molecule has 0 heterocycles. The van der Waals surface area contributed by atoms with Crippen LogP contribution < -0.4 is 0 Å². The highest BCUT2D eigenvalue weighted by Crippen LogP contribution is 1.52. The van der Waals surface area contributed by atoms with E-state index in [0.717, 1.165) is 0 Å². The van der Waals surface area contributed by atoms with Crippen LogP contribution in [0.1, 0.15) is 13.8 Å². The first kappa shape index (κ1) is 23.1. The van der Waals surface area contributed by atoms with Crippen LogP contribution in [0, 0.1) is 0 Å². The van der Waals surface area contributed by atoms with Gasteiger partial charge in [0.25, 0.3) is 0 Å². The molecule has 14 heavy (non-hydrogen) atoms. The average molecular weight is 200 g/mol. The average Bonchev–Trinajstić information content (AvgIpc) is 2.20. The smallest absolute Gasteiger partial charge is 0.0662 e. The molecule has 2 heteroatoms. The summed E-state index contributed by atoms with van der Waals surface area (Å²) in [6.07, 6.45) is 6.78. The Labute approximate surface area is 88.6 Å². The van der Waals surface area contributed by atoms with E-state index in [1.165, 1.54) is 0 Å². The van der Waals surface area contributed by atoms with Crippen molar-refractivity contribution in [1.82, 2.24) is 0 Å². The molecule has 0 bridgehead atoms. The lowest BCUT2D eigenvalue weighted by atomic mass is 10.6. The minimum absolute atomic E-state index is 0.125. The molecule has 0 radical (unpaired) electrons. The maximum atomic E-state index is 7.62. The van der Waals surface area contributed by atoms with Gasteiger partial charge in [0.15, 0.2) is 0 Å². The van der Waals surface area contributed by atoms with Crippen LogP contribution >= 0.6 is 0 Å². The monoisotopic (exact) mass is 200 g/mol. The largest absolute Gasteiger partial charge is 0.394 e. The first-order valence-corrected chi connectivity index (χ1v) is 4.25. The summed E-state index contributed by atoms with van der Waals surface area (Å²) in [5.41, 5.74) is 0. The van der Waals surface area contributed by atoms with Gasteiger partial charge in [0.1, 0.15) is 0 Å². The molecule has 0 aliphatic rings. The predicted molar refractivity (Wildman–Crippen MR) is 66.3 cm³/mol. The van der Waals surface area contributed by atoms with Crippen LogP contribution in [0.25, 0.3) is 0 Å². The topological polar surface area (TPSA) is 40.5 Å². The zero-order chi connectivity index (χ0) is 12.2. The molecule has 0 unspecified atom stereocenters. The summed E-state index contributed by atoms with van der Waals surface area (Å²) >= 11 is 0. The van der Waals surface area contributed by atoms with E-state index >= 15 is 0 Å². The fourth-order valence-corrected chi connectivity index (χ4v) is 0. The fraction of sp³-hybridized carbons (Fsp3) is 0.333. The third-order valence-corrected chi connectivity index (χ3v) is 0.267. The number of rotatable bonds is 2. The highest BCUT2D eigenvalue weighted by atomic mass is 16.3. The molecule has 0 aliphatic heterocycles. The lowest BCUT2D eigenvalue weighted by Gasteiger charge is -1.70. The Morgan fingerprint density at radius 1 is 0.786 bits per heavy atom. The third-order valence-electron chi connectivity index (χ3n) is 0.267. The molecule has 0 aromatic carbocycles. The van der Waals surface area contributed by atoms with Crippen molar-refractivity contribution in [2.75, 3.05) is 13.2 Å². The first-order chi connectivity index (χ1) is 6.66. The van der Waals surface area contributed by atoms with Crippen molar-refractivity contribution in [3.8, 4) is 0 Å². The van der Waals surface area contributed by atoms with Gasteiger partial charge in [-0.25, -0.2) is 0 Å². The van der Waals surface area contributed by atoms with Crippen LogP contribution in [-0.4, -0.2) is 23.4 Å². The summed E-state index contributed by atoms with van der Waals surface area (Å²) in [7, 11) is 0. The number of hydrogen-bond acceptors (Lipinski definition) is 2. The van der Waals surface area contributed by atoms with Gasteiger partial charge in [-0.05, 0) is 13.8 Å². The third kappa shape index (κ3) is 1370. The van der Waals surface area contributed by atoms with E-state index in [9.17, 15) is 0 Å². The van der Waals surface area contributed by atoms with Crippen LogP contribution in [0.5, 0.6) is 0 Å². The fourth-order valence-electron chi connectivity index (χ4n) is 0. The zero-order valence-corrected chi connectivity index (χ0v) is 9.45. The summed E-state index contributed by atoms with van der Waals surface area (Å²) in [5.74, 6) is 0. The van der Waals surface area contributed by atoms with E-state index < -0.39 is 0 Å². The van der Waals surface area contributed by atoms with Crippen LogP contribution in [0.3, 0.4) is 0 Å². The molecule has 0 aromatic rings. The Morgan fingerprint density at radius 2 is 0.929 bits per heavy atom. The van der Waals surface area contributed by atoms with E-state index in [0.29, 0.717) is 0 Å². The Hall–Kier alpha value is -1.12. The van der Waals surface area contributed by atoms with Gasteiger partial charge in [0, 0.05) is 0 Å². The molecule has 84 valence electrons. The Morgan fingerprint density at radius 3 is 0.929 bits per heavy atom. The predicted octanol–water partition coefficient (Wildman–Crippen LogP) is 2.71. The van der Waals surface area contributed by atoms with Gasteiger partial charge in [-0.3, -0.25) is 0 Å². The van der Waals surface area contributed by atoms with Crippen molar-refractivity contribution in [3.05, 3.63) is 50.6 Å². The van der Waals surface area contributed by atoms with E-state index in [1.807, 2.05) is 13.8 Å². The molecular weight excluding hydrogens is 176 g/mol. The number of aliphatic hydroxyl groups excluding tert-OH is 2. The van der Waals surface area contributed by atoms with Crippen LogP contribution in [0.15, 0.2) is 50.6 Å². The molecule has 0 fully saturated rings. The Kier molecular flexibility index (Phi) is 97.2. The molecule has 0 spiro atoms. The summed E-state index contributed by atoms with van der Waals surface area (Å²) < 4.78 is 0. The molecule has 0 saturated heterocycles. The minimum Gasteiger partial charge on any atom is -0.394 e. The summed E-state index contributed by atoms with van der Waals surface area (Å²) in [6.45, 7) is 17.0. The summed E-state index contributed by atoms with van der Waals surface area (Å²) in [6, 6.07) is 0. The van der Waals surface area contributed by atoms with Gasteiger partial charge < -0.3 is 10.2 Å². The van der Waals surface area contributed by atoms with Crippen molar-refractivity contribution in [2.24, 2.45) is 0 Å². The molecule has 0 amide bonds. The van der Waals surface area contributed by atoms with Gasteiger partial charge in [0.2, 0.25) is 0 Å². The lowest BCUT2D eigenvalue weighted by Crippen LogP contribution is -1.85. The summed E-state index contributed by atoms with van der Waals surface area (Å²) in [4.78, 5) is 0. The van der Waals surface area contributed by atoms with E-state index in [-0.39, 0.29) is 13.2 Å². The normalized spacial score (nSPS) is 5.43. The Bertz CT molecular complexity index is 92.9. The molecule has 2 N–H and O–H groups in total. The van der Waals surface area contributed by atoms with Gasteiger partial charge in [-0.2, -0.15) is 0 Å². The molecule has 0 rings (SSSR count). The molecule has 0 saturated carbocycles. The van der Waals surface area contributed by atoms with E-state index in [4.69, 9.17) is 10.2 Å². The number of aliphatic hydroxyl groups is 2. The lowest BCUT2D eigenvalue weighted by molar-refractivity contribution is 0.186. The standard InChI is InChI=1S/C4H6.2C3H6.C2H6O2/c1-3-4-2;2*1-3-2;3-1-2-4/h3-4H,1-2H2;2*3H,1H2,2H3;3-4H,1-2H2. The van der Waals surface area contributed by atoms with Crippen molar-refractivity contribution < 1.29 is 10.2 Å². The van der Waals surface area contributed by atoms with Crippen LogP contribution in [0.2, 0.25) is 0 Å². The second-order valence-corrected chi connectivity index (χ2v) is 1.74. The molecular formula is C12H24O2. The first-order valence-electron chi connectivity index (χ1n) is 4.25. The number of hydrogen-bond donors (Lipinski definition) is 2. The minimum atomic E-state index is -0.125.